The first-order chi connectivity index (χ1) is 8.86. The second-order valence-corrected chi connectivity index (χ2v) is 3.84. The van der Waals surface area contributed by atoms with Crippen LogP contribution in [0.3, 0.4) is 0 Å². The van der Waals surface area contributed by atoms with Gasteiger partial charge in [0, 0.05) is 26.6 Å². The molecule has 1 N–H and O–H groups in total. The van der Waals surface area contributed by atoms with Crippen molar-refractivity contribution in [1.82, 2.24) is 5.32 Å². The van der Waals surface area contributed by atoms with E-state index in [9.17, 15) is 0 Å². The number of nitrogens with one attached hydrogen (secondary N) is 1. The molecule has 0 unspecified atom stereocenters. The molecule has 1 rings (SSSR count). The van der Waals surface area contributed by atoms with Crippen molar-refractivity contribution in [3.8, 4) is 17.6 Å². The zero-order valence-electron chi connectivity index (χ0n) is 11.2. The molecule has 3 nitrogen and oxygen atoms in total. The highest BCUT2D eigenvalue weighted by atomic mass is 16.5. The van der Waals surface area contributed by atoms with Gasteiger partial charge in [-0.2, -0.15) is 0 Å². The van der Waals surface area contributed by atoms with Gasteiger partial charge >= 0.3 is 0 Å². The van der Waals surface area contributed by atoms with Gasteiger partial charge in [0.05, 0.1) is 13.2 Å². The Balaban J connectivity index is 2.33. The van der Waals surface area contributed by atoms with E-state index in [0.717, 1.165) is 31.9 Å². The molecule has 3 heteroatoms. The lowest BCUT2D eigenvalue weighted by molar-refractivity contribution is 0.199. The van der Waals surface area contributed by atoms with Gasteiger partial charge in [0.1, 0.15) is 5.75 Å². The fraction of sp³-hybridized carbons (Fsp3) is 0.467. The summed E-state index contributed by atoms with van der Waals surface area (Å²) in [7, 11) is 1.70. The third kappa shape index (κ3) is 6.29. The fourth-order valence-electron chi connectivity index (χ4n) is 1.50. The lowest BCUT2D eigenvalue weighted by Gasteiger charge is -2.07. The molecule has 0 amide bonds. The van der Waals surface area contributed by atoms with E-state index in [1.165, 1.54) is 5.56 Å². The molecule has 0 saturated carbocycles. The maximum atomic E-state index is 5.62. The quantitative estimate of drug-likeness (QED) is 0.564. The average molecular weight is 247 g/mol. The molecule has 0 aliphatic rings. The van der Waals surface area contributed by atoms with Crippen molar-refractivity contribution >= 4 is 0 Å². The van der Waals surface area contributed by atoms with E-state index in [-0.39, 0.29) is 0 Å². The van der Waals surface area contributed by atoms with Crippen LogP contribution in [0.1, 0.15) is 18.9 Å². The van der Waals surface area contributed by atoms with Crippen molar-refractivity contribution < 1.29 is 9.47 Å². The molecule has 0 aromatic heterocycles. The van der Waals surface area contributed by atoms with Crippen LogP contribution in [0.2, 0.25) is 0 Å². The van der Waals surface area contributed by atoms with Crippen molar-refractivity contribution in [1.29, 1.82) is 0 Å². The van der Waals surface area contributed by atoms with Crippen molar-refractivity contribution in [2.45, 2.75) is 19.9 Å². The van der Waals surface area contributed by atoms with Gasteiger partial charge in [0.2, 0.25) is 0 Å². The molecular formula is C15H21NO2. The standard InChI is InChI=1S/C15H21NO2/c1-3-4-5-10-18-15-8-6-7-14(12-15)13-16-9-11-17-2/h6-8,12,16H,5,9-11,13H2,1-2H3. The number of rotatable bonds is 8. The molecule has 0 radical (unpaired) electrons. The number of hydrogen-bond acceptors (Lipinski definition) is 3. The fourth-order valence-corrected chi connectivity index (χ4v) is 1.50. The van der Waals surface area contributed by atoms with E-state index in [0.29, 0.717) is 6.61 Å². The SMILES string of the molecule is CC#CCCOc1cccc(CNCCOC)c1. The van der Waals surface area contributed by atoms with E-state index in [4.69, 9.17) is 9.47 Å². The van der Waals surface area contributed by atoms with Crippen LogP contribution in [0.25, 0.3) is 0 Å². The van der Waals surface area contributed by atoms with E-state index >= 15 is 0 Å². The Kier molecular flexibility index (Phi) is 7.70. The molecule has 0 atom stereocenters. The lowest BCUT2D eigenvalue weighted by atomic mass is 10.2. The number of ether oxygens (including phenoxy) is 2. The Bertz CT molecular complexity index is 393. The Morgan fingerprint density at radius 3 is 2.94 bits per heavy atom. The third-order valence-corrected chi connectivity index (χ3v) is 2.38. The van der Waals surface area contributed by atoms with Crippen molar-refractivity contribution in [3.63, 3.8) is 0 Å². The summed E-state index contributed by atoms with van der Waals surface area (Å²) in [5.74, 6) is 6.74. The predicted octanol–water partition coefficient (Wildman–Crippen LogP) is 2.21. The summed E-state index contributed by atoms with van der Waals surface area (Å²) < 4.78 is 10.6. The van der Waals surface area contributed by atoms with E-state index in [1.807, 2.05) is 19.1 Å². The molecule has 0 saturated heterocycles. The van der Waals surface area contributed by atoms with Crippen LogP contribution in [-0.2, 0) is 11.3 Å². The van der Waals surface area contributed by atoms with Crippen LogP contribution in [-0.4, -0.2) is 26.9 Å². The molecule has 1 aromatic carbocycles. The highest BCUT2D eigenvalue weighted by Crippen LogP contribution is 2.13. The van der Waals surface area contributed by atoms with Gasteiger partial charge in [0.25, 0.3) is 0 Å². The average Bonchev–Trinajstić information content (AvgIpc) is 2.40. The smallest absolute Gasteiger partial charge is 0.119 e. The molecule has 0 fully saturated rings. The summed E-state index contributed by atoms with van der Waals surface area (Å²) >= 11 is 0. The van der Waals surface area contributed by atoms with Gasteiger partial charge < -0.3 is 14.8 Å². The summed E-state index contributed by atoms with van der Waals surface area (Å²) in [6.07, 6.45) is 0.771. The van der Waals surface area contributed by atoms with Crippen LogP contribution in [0.4, 0.5) is 0 Å². The summed E-state index contributed by atoms with van der Waals surface area (Å²) in [5, 5.41) is 3.30. The van der Waals surface area contributed by atoms with Gasteiger partial charge in [-0.25, -0.2) is 0 Å². The van der Waals surface area contributed by atoms with Gasteiger partial charge in [-0.05, 0) is 24.6 Å². The summed E-state index contributed by atoms with van der Waals surface area (Å²) in [6, 6.07) is 8.11. The number of hydrogen-bond donors (Lipinski definition) is 1. The Labute approximate surface area is 109 Å². The maximum Gasteiger partial charge on any atom is 0.119 e. The molecule has 0 aliphatic carbocycles. The van der Waals surface area contributed by atoms with Crippen LogP contribution in [0, 0.1) is 11.8 Å². The van der Waals surface area contributed by atoms with Crippen LogP contribution in [0.15, 0.2) is 24.3 Å². The van der Waals surface area contributed by atoms with Gasteiger partial charge in [-0.15, -0.1) is 11.8 Å². The minimum absolute atomic E-state index is 0.640. The first kappa shape index (κ1) is 14.6. The van der Waals surface area contributed by atoms with E-state index in [1.54, 1.807) is 7.11 Å². The van der Waals surface area contributed by atoms with Crippen molar-refractivity contribution in [2.75, 3.05) is 26.9 Å². The lowest BCUT2D eigenvalue weighted by Crippen LogP contribution is -2.18. The molecule has 0 spiro atoms. The highest BCUT2D eigenvalue weighted by molar-refractivity contribution is 5.28. The van der Waals surface area contributed by atoms with Gasteiger partial charge in [-0.3, -0.25) is 0 Å². The minimum atomic E-state index is 0.640. The maximum absolute atomic E-state index is 5.62. The number of benzene rings is 1. The topological polar surface area (TPSA) is 30.5 Å². The van der Waals surface area contributed by atoms with E-state index < -0.39 is 0 Å². The molecular weight excluding hydrogens is 226 g/mol. The second-order valence-electron chi connectivity index (χ2n) is 3.84. The van der Waals surface area contributed by atoms with Crippen LogP contribution < -0.4 is 10.1 Å². The summed E-state index contributed by atoms with van der Waals surface area (Å²) in [4.78, 5) is 0. The first-order valence-electron chi connectivity index (χ1n) is 6.18. The second kappa shape index (κ2) is 9.52. The Hall–Kier alpha value is -1.50. The summed E-state index contributed by atoms with van der Waals surface area (Å²) in [6.45, 7) is 4.89. The third-order valence-electron chi connectivity index (χ3n) is 2.38. The van der Waals surface area contributed by atoms with E-state index in [2.05, 4.69) is 29.3 Å². The van der Waals surface area contributed by atoms with Gasteiger partial charge in [0.15, 0.2) is 0 Å². The largest absolute Gasteiger partial charge is 0.493 e. The summed E-state index contributed by atoms with van der Waals surface area (Å²) in [5.41, 5.74) is 1.21. The van der Waals surface area contributed by atoms with Gasteiger partial charge in [-0.1, -0.05) is 12.1 Å². The first-order valence-corrected chi connectivity index (χ1v) is 6.18. The minimum Gasteiger partial charge on any atom is -0.493 e. The normalized spacial score (nSPS) is 9.67. The monoisotopic (exact) mass is 247 g/mol. The molecule has 1 aromatic rings. The van der Waals surface area contributed by atoms with Crippen molar-refractivity contribution in [2.24, 2.45) is 0 Å². The highest BCUT2D eigenvalue weighted by Gasteiger charge is 1.96. The zero-order chi connectivity index (χ0) is 13.1. The van der Waals surface area contributed by atoms with Crippen LogP contribution >= 0.6 is 0 Å². The zero-order valence-corrected chi connectivity index (χ0v) is 11.2. The predicted molar refractivity (Wildman–Crippen MR) is 73.6 cm³/mol. The molecule has 0 bridgehead atoms. The molecule has 18 heavy (non-hydrogen) atoms. The van der Waals surface area contributed by atoms with Crippen molar-refractivity contribution in [3.05, 3.63) is 29.8 Å². The Morgan fingerprint density at radius 1 is 1.28 bits per heavy atom. The van der Waals surface area contributed by atoms with Crippen LogP contribution in [0.5, 0.6) is 5.75 Å². The molecule has 0 aliphatic heterocycles. The number of methoxy groups -OCH3 is 1. The molecule has 98 valence electrons. The molecule has 0 heterocycles. The Morgan fingerprint density at radius 2 is 2.17 bits per heavy atom.